The monoisotopic (exact) mass is 480 g/mol. The number of carbonyl (C=O) groups excluding carboxylic acids is 1. The van der Waals surface area contributed by atoms with Gasteiger partial charge in [-0.15, -0.1) is 0 Å². The Hall–Kier alpha value is -2.29. The van der Waals surface area contributed by atoms with E-state index in [1.165, 1.54) is 11.6 Å². The summed E-state index contributed by atoms with van der Waals surface area (Å²) in [4.78, 5) is 13.9. The highest BCUT2D eigenvalue weighted by molar-refractivity contribution is 7.93. The number of nitrogens with zero attached hydrogens (tertiary/aromatic N) is 1. The molecule has 1 saturated heterocycles. The first-order chi connectivity index (χ1) is 15.3. The van der Waals surface area contributed by atoms with Crippen LogP contribution in [-0.4, -0.2) is 57.4 Å². The summed E-state index contributed by atoms with van der Waals surface area (Å²) in [7, 11) is -3.87. The number of rotatable bonds is 10. The molecule has 0 unspecified atom stereocenters. The van der Waals surface area contributed by atoms with Crippen LogP contribution in [0.15, 0.2) is 48.5 Å². The van der Waals surface area contributed by atoms with E-state index in [1.54, 1.807) is 19.1 Å². The zero-order chi connectivity index (χ0) is 23.0. The van der Waals surface area contributed by atoms with E-state index >= 15 is 0 Å². The van der Waals surface area contributed by atoms with Crippen molar-refractivity contribution in [1.29, 1.82) is 0 Å². The average Bonchev–Trinajstić information content (AvgIpc) is 2.75. The second-order valence-electron chi connectivity index (χ2n) is 7.71. The molecule has 174 valence electrons. The number of hydrogen-bond acceptors (Lipinski definition) is 6. The molecule has 1 N–H and O–H groups in total. The fourth-order valence-corrected chi connectivity index (χ4v) is 4.77. The molecule has 0 bridgehead atoms. The van der Waals surface area contributed by atoms with Gasteiger partial charge >= 0.3 is 5.97 Å². The van der Waals surface area contributed by atoms with E-state index < -0.39 is 21.7 Å². The summed E-state index contributed by atoms with van der Waals surface area (Å²) in [5, 5.41) is 0.313. The lowest BCUT2D eigenvalue weighted by Crippen LogP contribution is -2.39. The van der Waals surface area contributed by atoms with Crippen LogP contribution in [0.2, 0.25) is 5.02 Å². The zero-order valence-corrected chi connectivity index (χ0v) is 19.7. The third-order valence-corrected chi connectivity index (χ3v) is 6.66. The topological polar surface area (TPSA) is 84.9 Å². The molecule has 7 nitrogen and oxygen atoms in total. The van der Waals surface area contributed by atoms with E-state index in [0.717, 1.165) is 38.9 Å². The molecule has 0 saturated carbocycles. The van der Waals surface area contributed by atoms with Gasteiger partial charge in [0.15, 0.2) is 5.75 Å². The number of benzene rings is 2. The summed E-state index contributed by atoms with van der Waals surface area (Å²) in [5.41, 5.74) is 1.61. The molecule has 1 fully saturated rings. The van der Waals surface area contributed by atoms with Crippen LogP contribution in [0.4, 0.5) is 5.69 Å². The number of carbonyl (C=O) groups is 1. The summed E-state index contributed by atoms with van der Waals surface area (Å²) in [6.45, 7) is 4.68. The van der Waals surface area contributed by atoms with Crippen molar-refractivity contribution in [3.8, 4) is 5.75 Å². The molecule has 2 aromatic carbocycles. The largest absolute Gasteiger partial charge is 0.489 e. The van der Waals surface area contributed by atoms with E-state index in [1.807, 2.05) is 6.07 Å². The highest BCUT2D eigenvalue weighted by atomic mass is 35.5. The van der Waals surface area contributed by atoms with E-state index in [-0.39, 0.29) is 18.4 Å². The van der Waals surface area contributed by atoms with Crippen molar-refractivity contribution >= 4 is 33.3 Å². The Bertz CT molecular complexity index is 993. The van der Waals surface area contributed by atoms with Crippen molar-refractivity contribution in [2.75, 3.05) is 36.7 Å². The van der Waals surface area contributed by atoms with Crippen LogP contribution in [0.3, 0.4) is 0 Å². The van der Waals surface area contributed by atoms with Gasteiger partial charge in [-0.05, 0) is 49.9 Å². The smallest absolute Gasteiger partial charge is 0.323 e. The summed E-state index contributed by atoms with van der Waals surface area (Å²) in [5.74, 6) is -1.04. The van der Waals surface area contributed by atoms with Crippen molar-refractivity contribution in [3.05, 3.63) is 59.1 Å². The molecule has 0 radical (unpaired) electrons. The van der Waals surface area contributed by atoms with Gasteiger partial charge in [0.1, 0.15) is 11.9 Å². The van der Waals surface area contributed by atoms with Crippen molar-refractivity contribution in [3.63, 3.8) is 0 Å². The van der Waals surface area contributed by atoms with Gasteiger partial charge in [0, 0.05) is 19.6 Å². The number of nitrogens with one attached hydrogen (secondary N) is 1. The van der Waals surface area contributed by atoms with Crippen LogP contribution in [0.5, 0.6) is 5.75 Å². The first kappa shape index (κ1) is 24.4. The SMILES string of the molecule is CCOC(=O)CS(=O)(=O)Nc1ccc(OC2CCN(CCc3ccccc3)CC2)c(Cl)c1. The Kier molecular flexibility index (Phi) is 8.78. The normalized spacial score (nSPS) is 15.3. The Labute approximate surface area is 194 Å². The molecule has 0 aliphatic carbocycles. The van der Waals surface area contributed by atoms with Gasteiger partial charge in [0.05, 0.1) is 17.3 Å². The van der Waals surface area contributed by atoms with Gasteiger partial charge in [0.25, 0.3) is 0 Å². The Balaban J connectivity index is 1.47. The van der Waals surface area contributed by atoms with Gasteiger partial charge in [-0.1, -0.05) is 41.9 Å². The first-order valence-electron chi connectivity index (χ1n) is 10.7. The Morgan fingerprint density at radius 3 is 2.53 bits per heavy atom. The molecular formula is C23H29ClN2O5S. The minimum Gasteiger partial charge on any atom is -0.489 e. The molecule has 0 atom stereocenters. The predicted octanol–water partition coefficient (Wildman–Crippen LogP) is 3.73. The molecule has 0 spiro atoms. The molecule has 1 aliphatic heterocycles. The summed E-state index contributed by atoms with van der Waals surface area (Å²) >= 11 is 6.32. The highest BCUT2D eigenvalue weighted by Crippen LogP contribution is 2.30. The number of ether oxygens (including phenoxy) is 2. The van der Waals surface area contributed by atoms with E-state index in [9.17, 15) is 13.2 Å². The van der Waals surface area contributed by atoms with Crippen molar-refractivity contribution in [2.45, 2.75) is 32.3 Å². The van der Waals surface area contributed by atoms with Crippen LogP contribution in [0, 0.1) is 0 Å². The molecule has 3 rings (SSSR count). The third-order valence-electron chi connectivity index (χ3n) is 5.21. The van der Waals surface area contributed by atoms with Gasteiger partial charge in [-0.3, -0.25) is 9.52 Å². The standard InChI is InChI=1S/C23H29ClN2O5S/c1-2-30-23(27)17-32(28,29)25-19-8-9-22(21(24)16-19)31-20-11-14-26(15-12-20)13-10-18-6-4-3-5-7-18/h3-9,16,20,25H,2,10-15,17H2,1H3. The van der Waals surface area contributed by atoms with Crippen molar-refractivity contribution < 1.29 is 22.7 Å². The second kappa shape index (κ2) is 11.5. The third kappa shape index (κ3) is 7.69. The fourth-order valence-electron chi connectivity index (χ4n) is 3.60. The number of hydrogen-bond donors (Lipinski definition) is 1. The highest BCUT2D eigenvalue weighted by Gasteiger charge is 2.22. The van der Waals surface area contributed by atoms with Gasteiger partial charge in [-0.2, -0.15) is 0 Å². The molecule has 0 amide bonds. The molecule has 32 heavy (non-hydrogen) atoms. The Morgan fingerprint density at radius 2 is 1.88 bits per heavy atom. The summed E-state index contributed by atoms with van der Waals surface area (Å²) in [6.07, 6.45) is 2.90. The number of piperidine rings is 1. The number of anilines is 1. The zero-order valence-electron chi connectivity index (χ0n) is 18.1. The molecular weight excluding hydrogens is 452 g/mol. The van der Waals surface area contributed by atoms with Crippen LogP contribution < -0.4 is 9.46 Å². The predicted molar refractivity (Wildman–Crippen MR) is 126 cm³/mol. The number of halogens is 1. The van der Waals surface area contributed by atoms with Gasteiger partial charge in [-0.25, -0.2) is 8.42 Å². The molecule has 0 aromatic heterocycles. The van der Waals surface area contributed by atoms with Crippen molar-refractivity contribution in [2.24, 2.45) is 0 Å². The summed E-state index contributed by atoms with van der Waals surface area (Å²) < 4.78 is 37.3. The molecule has 9 heteroatoms. The fraction of sp³-hybridized carbons (Fsp3) is 0.435. The minimum atomic E-state index is -3.87. The lowest BCUT2D eigenvalue weighted by molar-refractivity contribution is -0.139. The maximum Gasteiger partial charge on any atom is 0.323 e. The van der Waals surface area contributed by atoms with E-state index in [4.69, 9.17) is 16.3 Å². The average molecular weight is 481 g/mol. The van der Waals surface area contributed by atoms with Gasteiger partial charge in [0.2, 0.25) is 10.0 Å². The molecule has 1 heterocycles. The van der Waals surface area contributed by atoms with E-state index in [2.05, 4.69) is 38.6 Å². The number of likely N-dealkylation sites (tertiary alicyclic amines) is 1. The van der Waals surface area contributed by atoms with Crippen LogP contribution in [0.25, 0.3) is 0 Å². The maximum atomic E-state index is 12.1. The van der Waals surface area contributed by atoms with Gasteiger partial charge < -0.3 is 14.4 Å². The minimum absolute atomic E-state index is 0.0619. The van der Waals surface area contributed by atoms with Crippen LogP contribution >= 0.6 is 11.6 Å². The summed E-state index contributed by atoms with van der Waals surface area (Å²) in [6, 6.07) is 15.2. The maximum absolute atomic E-state index is 12.1. The van der Waals surface area contributed by atoms with Crippen LogP contribution in [-0.2, 0) is 26.0 Å². The molecule has 2 aromatic rings. The quantitative estimate of drug-likeness (QED) is 0.521. The Morgan fingerprint density at radius 1 is 1.16 bits per heavy atom. The lowest BCUT2D eigenvalue weighted by atomic mass is 10.1. The second-order valence-corrected chi connectivity index (χ2v) is 9.84. The number of esters is 1. The van der Waals surface area contributed by atoms with E-state index in [0.29, 0.717) is 10.8 Å². The lowest BCUT2D eigenvalue weighted by Gasteiger charge is -2.32. The molecule has 1 aliphatic rings. The van der Waals surface area contributed by atoms with Crippen molar-refractivity contribution in [1.82, 2.24) is 4.90 Å². The number of sulfonamides is 1. The van der Waals surface area contributed by atoms with Crippen LogP contribution in [0.1, 0.15) is 25.3 Å². The first-order valence-corrected chi connectivity index (χ1v) is 12.8.